The number of nitrogens with one attached hydrogen (secondary N) is 1. The monoisotopic (exact) mass is 482 g/mol. The van der Waals surface area contributed by atoms with Crippen molar-refractivity contribution >= 4 is 41.5 Å². The summed E-state index contributed by atoms with van der Waals surface area (Å²) in [6.45, 7) is 6.80. The second-order valence-corrected chi connectivity index (χ2v) is 7.39. The molecule has 3 N–H and O–H groups in total. The van der Waals surface area contributed by atoms with E-state index in [4.69, 9.17) is 17.3 Å². The van der Waals surface area contributed by atoms with Gasteiger partial charge in [-0.2, -0.15) is 0 Å². The number of likely N-dealkylation sites (tertiary alicyclic amines) is 1. The van der Waals surface area contributed by atoms with E-state index < -0.39 is 0 Å². The van der Waals surface area contributed by atoms with Crippen molar-refractivity contribution in [3.05, 3.63) is 34.6 Å². The maximum atomic E-state index is 13.8. The summed E-state index contributed by atoms with van der Waals surface area (Å²) in [5, 5.41) is 3.32. The van der Waals surface area contributed by atoms with Crippen molar-refractivity contribution in [1.29, 1.82) is 0 Å². The summed E-state index contributed by atoms with van der Waals surface area (Å²) in [6.07, 6.45) is 2.09. The van der Waals surface area contributed by atoms with Crippen LogP contribution in [0.25, 0.3) is 0 Å². The summed E-state index contributed by atoms with van der Waals surface area (Å²) < 4.78 is 13.8. The van der Waals surface area contributed by atoms with E-state index in [0.29, 0.717) is 24.3 Å². The van der Waals surface area contributed by atoms with E-state index in [1.165, 1.54) is 6.07 Å². The van der Waals surface area contributed by atoms with Gasteiger partial charge in [0.05, 0.1) is 5.02 Å². The molecular weight excluding hydrogens is 454 g/mol. The summed E-state index contributed by atoms with van der Waals surface area (Å²) in [6, 6.07) is 5.21. The Morgan fingerprint density at radius 1 is 1.48 bits per heavy atom. The third-order valence-electron chi connectivity index (χ3n) is 4.58. The third-order valence-corrected chi connectivity index (χ3v) is 4.89. The number of rotatable bonds is 6. The molecule has 0 spiro atoms. The van der Waals surface area contributed by atoms with Crippen LogP contribution in [-0.4, -0.2) is 37.5 Å². The number of benzene rings is 1. The molecule has 0 bridgehead atoms. The first-order chi connectivity index (χ1) is 11.4. The molecule has 2 atom stereocenters. The number of hydrogen-bond donors (Lipinski definition) is 2. The average molecular weight is 483 g/mol. The highest BCUT2D eigenvalue weighted by Crippen LogP contribution is 2.37. The van der Waals surface area contributed by atoms with Crippen molar-refractivity contribution in [2.45, 2.75) is 32.7 Å². The van der Waals surface area contributed by atoms with Gasteiger partial charge >= 0.3 is 0 Å². The molecule has 0 saturated carbocycles. The number of aliphatic imine (C=N–C) groups is 1. The summed E-state index contributed by atoms with van der Waals surface area (Å²) in [5.74, 6) is 1.08. The third kappa shape index (κ3) is 6.57. The Morgan fingerprint density at radius 3 is 2.84 bits per heavy atom. The molecule has 0 radical (unpaired) electrons. The molecule has 0 aromatic heterocycles. The number of hydrogen-bond acceptors (Lipinski definition) is 2. The van der Waals surface area contributed by atoms with Crippen molar-refractivity contribution in [2.24, 2.45) is 22.6 Å². The van der Waals surface area contributed by atoms with Crippen LogP contribution in [0.3, 0.4) is 0 Å². The molecule has 7 heteroatoms. The normalized spacial score (nSPS) is 21.4. The highest BCUT2D eigenvalue weighted by atomic mass is 127. The number of nitrogens with zero attached hydrogens (tertiary/aromatic N) is 2. The average Bonchev–Trinajstić information content (AvgIpc) is 2.88. The predicted octanol–water partition coefficient (Wildman–Crippen LogP) is 4.04. The Balaban J connectivity index is 0.00000312. The van der Waals surface area contributed by atoms with Crippen LogP contribution in [0.4, 0.5) is 4.39 Å². The van der Waals surface area contributed by atoms with Crippen LogP contribution in [0.5, 0.6) is 0 Å². The Morgan fingerprint density at radius 2 is 2.20 bits per heavy atom. The second-order valence-electron chi connectivity index (χ2n) is 6.98. The molecule has 25 heavy (non-hydrogen) atoms. The van der Waals surface area contributed by atoms with Crippen LogP contribution in [0.2, 0.25) is 5.02 Å². The van der Waals surface area contributed by atoms with Crippen molar-refractivity contribution in [1.82, 2.24) is 10.2 Å². The van der Waals surface area contributed by atoms with Crippen LogP contribution < -0.4 is 11.1 Å². The first-order valence-electron chi connectivity index (χ1n) is 8.57. The minimum Gasteiger partial charge on any atom is -0.370 e. The van der Waals surface area contributed by atoms with Gasteiger partial charge in [-0.1, -0.05) is 31.5 Å². The van der Waals surface area contributed by atoms with E-state index in [9.17, 15) is 4.39 Å². The van der Waals surface area contributed by atoms with Gasteiger partial charge in [-0.15, -0.1) is 24.0 Å². The van der Waals surface area contributed by atoms with E-state index >= 15 is 0 Å². The first kappa shape index (κ1) is 22.4. The second kappa shape index (κ2) is 10.5. The standard InChI is InChI=1S/C18H28ClFN4.HI/c1-12(2)6-8-22-18(21)23-11-14-7-9-24(3)17(14)13-4-5-15(19)16(20)10-13;/h4-5,10,12,14,17H,6-9,11H2,1-3H3,(H3,21,22,23);1H. The maximum absolute atomic E-state index is 13.8. The van der Waals surface area contributed by atoms with Crippen LogP contribution in [0.1, 0.15) is 38.3 Å². The van der Waals surface area contributed by atoms with E-state index in [0.717, 1.165) is 31.5 Å². The molecule has 2 unspecified atom stereocenters. The molecule has 0 amide bonds. The minimum atomic E-state index is -0.369. The zero-order chi connectivity index (χ0) is 17.7. The lowest BCUT2D eigenvalue weighted by Crippen LogP contribution is -2.33. The molecule has 1 aliphatic rings. The number of nitrogens with two attached hydrogens (primary N) is 1. The number of halogens is 3. The smallest absolute Gasteiger partial charge is 0.188 e. The SMILES string of the molecule is CC(C)CCNC(N)=NCC1CCN(C)C1c1ccc(Cl)c(F)c1.I. The highest BCUT2D eigenvalue weighted by Gasteiger charge is 2.33. The van der Waals surface area contributed by atoms with Crippen molar-refractivity contribution < 1.29 is 4.39 Å². The van der Waals surface area contributed by atoms with Crippen molar-refractivity contribution in [2.75, 3.05) is 26.7 Å². The van der Waals surface area contributed by atoms with Crippen LogP contribution in [0.15, 0.2) is 23.2 Å². The topological polar surface area (TPSA) is 53.6 Å². The van der Waals surface area contributed by atoms with Crippen molar-refractivity contribution in [3.63, 3.8) is 0 Å². The quantitative estimate of drug-likeness (QED) is 0.365. The fraction of sp³-hybridized carbons (Fsp3) is 0.611. The van der Waals surface area contributed by atoms with E-state index in [1.54, 1.807) is 6.07 Å². The Hall–Kier alpha value is -0.600. The first-order valence-corrected chi connectivity index (χ1v) is 8.95. The van der Waals surface area contributed by atoms with E-state index in [2.05, 4.69) is 36.1 Å². The van der Waals surface area contributed by atoms with Gasteiger partial charge in [-0.3, -0.25) is 9.89 Å². The fourth-order valence-electron chi connectivity index (χ4n) is 3.20. The van der Waals surface area contributed by atoms with Gasteiger partial charge in [0.25, 0.3) is 0 Å². The lowest BCUT2D eigenvalue weighted by molar-refractivity contribution is 0.279. The lowest BCUT2D eigenvalue weighted by atomic mass is 9.94. The van der Waals surface area contributed by atoms with E-state index in [-0.39, 0.29) is 40.9 Å². The summed E-state index contributed by atoms with van der Waals surface area (Å²) in [5.41, 5.74) is 6.90. The predicted molar refractivity (Wildman–Crippen MR) is 114 cm³/mol. The van der Waals surface area contributed by atoms with Gasteiger partial charge in [0.15, 0.2) is 5.96 Å². The largest absolute Gasteiger partial charge is 0.370 e. The maximum Gasteiger partial charge on any atom is 0.188 e. The van der Waals surface area contributed by atoms with Gasteiger partial charge in [-0.05, 0) is 56.0 Å². The van der Waals surface area contributed by atoms with Crippen LogP contribution >= 0.6 is 35.6 Å². The highest BCUT2D eigenvalue weighted by molar-refractivity contribution is 14.0. The molecular formula is C18H29ClFIN4. The summed E-state index contributed by atoms with van der Waals surface area (Å²) >= 11 is 5.80. The molecule has 2 rings (SSSR count). The van der Waals surface area contributed by atoms with Crippen LogP contribution in [-0.2, 0) is 0 Å². The van der Waals surface area contributed by atoms with Crippen molar-refractivity contribution in [3.8, 4) is 0 Å². The van der Waals surface area contributed by atoms with Gasteiger partial charge in [0, 0.05) is 19.1 Å². The molecule has 142 valence electrons. The Labute approximate surface area is 172 Å². The molecule has 1 aromatic carbocycles. The van der Waals surface area contributed by atoms with Gasteiger partial charge < -0.3 is 11.1 Å². The minimum absolute atomic E-state index is 0. The zero-order valence-corrected chi connectivity index (χ0v) is 18.2. The summed E-state index contributed by atoms with van der Waals surface area (Å²) in [7, 11) is 2.06. The Bertz CT molecular complexity index is 582. The molecule has 4 nitrogen and oxygen atoms in total. The lowest BCUT2D eigenvalue weighted by Gasteiger charge is -2.25. The van der Waals surface area contributed by atoms with Gasteiger partial charge in [0.2, 0.25) is 0 Å². The molecule has 0 aliphatic carbocycles. The van der Waals surface area contributed by atoms with E-state index in [1.807, 2.05) is 6.07 Å². The molecule has 1 aliphatic heterocycles. The number of guanidine groups is 1. The molecule has 1 aromatic rings. The van der Waals surface area contributed by atoms with Gasteiger partial charge in [0.1, 0.15) is 5.82 Å². The molecule has 1 saturated heterocycles. The Kier molecular flexibility index (Phi) is 9.45. The summed E-state index contributed by atoms with van der Waals surface area (Å²) in [4.78, 5) is 6.73. The van der Waals surface area contributed by atoms with Gasteiger partial charge in [-0.25, -0.2) is 4.39 Å². The zero-order valence-electron chi connectivity index (χ0n) is 15.1. The fourth-order valence-corrected chi connectivity index (χ4v) is 3.32. The van der Waals surface area contributed by atoms with Crippen LogP contribution in [0, 0.1) is 17.7 Å². The molecule has 1 heterocycles. The molecule has 1 fully saturated rings.